The number of rotatable bonds is 3. The van der Waals surface area contributed by atoms with Crippen molar-refractivity contribution < 1.29 is 17.9 Å². The van der Waals surface area contributed by atoms with Crippen LogP contribution in [0.25, 0.3) is 11.0 Å². The van der Waals surface area contributed by atoms with E-state index < -0.39 is 22.0 Å². The van der Waals surface area contributed by atoms with Crippen LogP contribution in [0.1, 0.15) is 0 Å². The zero-order chi connectivity index (χ0) is 15.9. The smallest absolute Gasteiger partial charge is 0.247 e. The van der Waals surface area contributed by atoms with Crippen molar-refractivity contribution in [1.29, 1.82) is 0 Å². The summed E-state index contributed by atoms with van der Waals surface area (Å²) >= 11 is 0. The molecule has 1 unspecified atom stereocenters. The number of benzene rings is 1. The molecule has 0 radical (unpaired) electrons. The van der Waals surface area contributed by atoms with E-state index in [2.05, 4.69) is 4.98 Å². The van der Waals surface area contributed by atoms with E-state index in [-0.39, 0.29) is 24.6 Å². The van der Waals surface area contributed by atoms with Gasteiger partial charge in [0.1, 0.15) is 6.10 Å². The monoisotopic (exact) mass is 324 g/mol. The predicted octanol–water partition coefficient (Wildman–Crippen LogP) is -0.552. The molecule has 0 aliphatic carbocycles. The fraction of sp³-hybridized carbons (Fsp3) is 0.385. The standard InChI is InChI=1S/C13H16N4O4S/c1-16-8-15-10-6-9(2-3-11(10)16)22(19,20)17-4-5-21-12(7-17)13(14)18/h2-3,6,8,12H,4-5,7H2,1H3,(H2,14,18). The van der Waals surface area contributed by atoms with E-state index in [1.54, 1.807) is 12.4 Å². The number of ether oxygens (including phenoxy) is 1. The number of morpholine rings is 1. The van der Waals surface area contributed by atoms with Gasteiger partial charge in [-0.2, -0.15) is 4.31 Å². The minimum atomic E-state index is -3.71. The molecule has 1 amide bonds. The number of nitrogens with zero attached hydrogens (tertiary/aromatic N) is 3. The third kappa shape index (κ3) is 2.47. The first-order valence-corrected chi connectivity index (χ1v) is 8.16. The zero-order valence-electron chi connectivity index (χ0n) is 12.0. The van der Waals surface area contributed by atoms with Crippen molar-refractivity contribution in [3.8, 4) is 0 Å². The highest BCUT2D eigenvalue weighted by Gasteiger charge is 2.33. The fourth-order valence-electron chi connectivity index (χ4n) is 2.44. The molecule has 2 N–H and O–H groups in total. The van der Waals surface area contributed by atoms with Crippen LogP contribution in [-0.2, 0) is 26.6 Å². The van der Waals surface area contributed by atoms with Gasteiger partial charge in [0.2, 0.25) is 15.9 Å². The van der Waals surface area contributed by atoms with Gasteiger partial charge in [0, 0.05) is 20.1 Å². The summed E-state index contributed by atoms with van der Waals surface area (Å²) in [5.74, 6) is -0.667. The quantitative estimate of drug-likeness (QED) is 0.815. The van der Waals surface area contributed by atoms with Crippen molar-refractivity contribution >= 4 is 27.0 Å². The van der Waals surface area contributed by atoms with Crippen LogP contribution in [0.15, 0.2) is 29.4 Å². The molecule has 8 nitrogen and oxygen atoms in total. The molecule has 1 aliphatic rings. The molecule has 2 heterocycles. The Morgan fingerprint density at radius 1 is 1.45 bits per heavy atom. The van der Waals surface area contributed by atoms with E-state index in [0.29, 0.717) is 5.52 Å². The number of nitrogens with two attached hydrogens (primary N) is 1. The molecule has 1 atom stereocenters. The van der Waals surface area contributed by atoms with Crippen molar-refractivity contribution in [3.05, 3.63) is 24.5 Å². The Morgan fingerprint density at radius 2 is 2.23 bits per heavy atom. The molecule has 0 spiro atoms. The molecule has 118 valence electrons. The summed E-state index contributed by atoms with van der Waals surface area (Å²) in [7, 11) is -1.88. The van der Waals surface area contributed by atoms with Crippen LogP contribution < -0.4 is 5.73 Å². The van der Waals surface area contributed by atoms with Gasteiger partial charge in [0.25, 0.3) is 0 Å². The highest BCUT2D eigenvalue weighted by molar-refractivity contribution is 7.89. The molecule has 9 heteroatoms. The van der Waals surface area contributed by atoms with Crippen LogP contribution in [-0.4, -0.2) is 54.0 Å². The first-order valence-electron chi connectivity index (χ1n) is 6.72. The van der Waals surface area contributed by atoms with Gasteiger partial charge in [0.15, 0.2) is 0 Å². The highest BCUT2D eigenvalue weighted by Crippen LogP contribution is 2.22. The summed E-state index contributed by atoms with van der Waals surface area (Å²) < 4.78 is 33.6. The van der Waals surface area contributed by atoms with Gasteiger partial charge < -0.3 is 15.0 Å². The van der Waals surface area contributed by atoms with Crippen molar-refractivity contribution in [2.24, 2.45) is 12.8 Å². The summed E-state index contributed by atoms with van der Waals surface area (Å²) in [5, 5.41) is 0. The van der Waals surface area contributed by atoms with E-state index in [9.17, 15) is 13.2 Å². The molecule has 3 rings (SSSR count). The SMILES string of the molecule is Cn1cnc2cc(S(=O)(=O)N3CCOC(C(N)=O)C3)ccc21. The number of hydrogen-bond acceptors (Lipinski definition) is 5. The van der Waals surface area contributed by atoms with Gasteiger partial charge >= 0.3 is 0 Å². The summed E-state index contributed by atoms with van der Waals surface area (Å²) in [5.41, 5.74) is 6.63. The van der Waals surface area contributed by atoms with Crippen molar-refractivity contribution in [1.82, 2.24) is 13.9 Å². The van der Waals surface area contributed by atoms with Crippen LogP contribution in [0.2, 0.25) is 0 Å². The molecule has 0 saturated carbocycles. The van der Waals surface area contributed by atoms with Gasteiger partial charge in [0.05, 0.1) is 28.9 Å². The molecule has 1 aromatic carbocycles. The lowest BCUT2D eigenvalue weighted by atomic mass is 10.3. The molecule has 1 aromatic heterocycles. The van der Waals surface area contributed by atoms with Crippen LogP contribution in [0.3, 0.4) is 0 Å². The first-order chi connectivity index (χ1) is 10.4. The maximum Gasteiger partial charge on any atom is 0.247 e. The van der Waals surface area contributed by atoms with E-state index in [4.69, 9.17) is 10.5 Å². The lowest BCUT2D eigenvalue weighted by Gasteiger charge is -2.30. The number of carbonyl (C=O) groups is 1. The first kappa shape index (κ1) is 14.9. The maximum absolute atomic E-state index is 12.7. The molecule has 1 aliphatic heterocycles. The Kier molecular flexibility index (Phi) is 3.63. The number of carbonyl (C=O) groups excluding carboxylic acids is 1. The number of hydrogen-bond donors (Lipinski definition) is 1. The molecule has 1 fully saturated rings. The third-order valence-electron chi connectivity index (χ3n) is 3.68. The zero-order valence-corrected chi connectivity index (χ0v) is 12.8. The molecule has 0 bridgehead atoms. The van der Waals surface area contributed by atoms with Gasteiger partial charge in [-0.3, -0.25) is 4.79 Å². The number of primary amides is 1. The Morgan fingerprint density at radius 3 is 2.95 bits per heavy atom. The second-order valence-electron chi connectivity index (χ2n) is 5.13. The Bertz CT molecular complexity index is 830. The topological polar surface area (TPSA) is 108 Å². The van der Waals surface area contributed by atoms with Gasteiger partial charge in [-0.15, -0.1) is 0 Å². The Balaban J connectivity index is 1.95. The Labute approximate surface area is 127 Å². The molecule has 22 heavy (non-hydrogen) atoms. The normalized spacial score (nSPS) is 20.3. The Hall–Kier alpha value is -1.97. The van der Waals surface area contributed by atoms with E-state index in [1.165, 1.54) is 16.4 Å². The maximum atomic E-state index is 12.7. The lowest BCUT2D eigenvalue weighted by molar-refractivity contribution is -0.132. The molecule has 2 aromatic rings. The number of fused-ring (bicyclic) bond motifs is 1. The summed E-state index contributed by atoms with van der Waals surface area (Å²) in [6, 6.07) is 4.77. The number of imidazole rings is 1. The number of sulfonamides is 1. The number of amides is 1. The second kappa shape index (κ2) is 5.34. The summed E-state index contributed by atoms with van der Waals surface area (Å²) in [4.78, 5) is 15.5. The molecule has 1 saturated heterocycles. The van der Waals surface area contributed by atoms with Crippen molar-refractivity contribution in [2.75, 3.05) is 19.7 Å². The van der Waals surface area contributed by atoms with Gasteiger partial charge in [-0.05, 0) is 18.2 Å². The average molecular weight is 324 g/mol. The van der Waals surface area contributed by atoms with E-state index in [0.717, 1.165) is 5.52 Å². The van der Waals surface area contributed by atoms with Crippen LogP contribution >= 0.6 is 0 Å². The number of aryl methyl sites for hydroxylation is 1. The summed E-state index contributed by atoms with van der Waals surface area (Å²) in [6.45, 7) is 0.253. The average Bonchev–Trinajstić information content (AvgIpc) is 2.88. The van der Waals surface area contributed by atoms with Gasteiger partial charge in [-0.1, -0.05) is 0 Å². The van der Waals surface area contributed by atoms with Crippen LogP contribution in [0.4, 0.5) is 0 Å². The van der Waals surface area contributed by atoms with E-state index in [1.807, 2.05) is 11.6 Å². The second-order valence-corrected chi connectivity index (χ2v) is 7.07. The minimum Gasteiger partial charge on any atom is -0.367 e. The van der Waals surface area contributed by atoms with E-state index >= 15 is 0 Å². The van der Waals surface area contributed by atoms with Gasteiger partial charge in [-0.25, -0.2) is 13.4 Å². The minimum absolute atomic E-state index is 0.0715. The van der Waals surface area contributed by atoms with Crippen molar-refractivity contribution in [3.63, 3.8) is 0 Å². The fourth-order valence-corrected chi connectivity index (χ4v) is 3.89. The van der Waals surface area contributed by atoms with Crippen molar-refractivity contribution in [2.45, 2.75) is 11.0 Å². The lowest BCUT2D eigenvalue weighted by Crippen LogP contribution is -2.50. The number of aromatic nitrogens is 2. The highest BCUT2D eigenvalue weighted by atomic mass is 32.2. The predicted molar refractivity (Wildman–Crippen MR) is 78.4 cm³/mol. The largest absolute Gasteiger partial charge is 0.367 e. The van der Waals surface area contributed by atoms with Crippen LogP contribution in [0.5, 0.6) is 0 Å². The van der Waals surface area contributed by atoms with Crippen LogP contribution in [0, 0.1) is 0 Å². The molecular weight excluding hydrogens is 308 g/mol. The molecular formula is C13H16N4O4S. The summed E-state index contributed by atoms with van der Waals surface area (Å²) in [6.07, 6.45) is 0.709. The third-order valence-corrected chi connectivity index (χ3v) is 5.54.